The molecule has 9 heavy (non-hydrogen) atoms. The lowest BCUT2D eigenvalue weighted by atomic mass is 10.4. The zero-order chi connectivity index (χ0) is 7.28. The Labute approximate surface area is 60.3 Å². The molecule has 0 aliphatic carbocycles. The van der Waals surface area contributed by atoms with E-state index >= 15 is 0 Å². The van der Waals surface area contributed by atoms with Gasteiger partial charge in [-0.15, -0.1) is 12.6 Å². The highest BCUT2D eigenvalue weighted by Crippen LogP contribution is 2.01. The maximum absolute atomic E-state index is 10.1. The second kappa shape index (κ2) is 4.44. The fourth-order valence-corrected chi connectivity index (χ4v) is 0.404. The highest BCUT2D eigenvalue weighted by molar-refractivity contribution is 7.84. The Bertz CT molecular complexity index is 106. The third-order valence-corrected chi connectivity index (χ3v) is 0.920. The van der Waals surface area contributed by atoms with Crippen LogP contribution in [0, 0.1) is 0 Å². The standard InChI is InChI=1S/C6H10O2S/c1-5(9)3-4-8-6(2)7/h9H,1,3-4H2,2H3. The van der Waals surface area contributed by atoms with Crippen molar-refractivity contribution in [2.75, 3.05) is 6.61 Å². The number of ether oxygens (including phenoxy) is 1. The van der Waals surface area contributed by atoms with Gasteiger partial charge in [0.05, 0.1) is 6.61 Å². The van der Waals surface area contributed by atoms with Gasteiger partial charge < -0.3 is 4.74 Å². The predicted octanol–water partition coefficient (Wildman–Crippen LogP) is 1.38. The Kier molecular flexibility index (Phi) is 4.22. The Hall–Kier alpha value is -0.440. The number of carbonyl (C=O) groups excluding carboxylic acids is 1. The molecule has 0 saturated heterocycles. The molecule has 2 nitrogen and oxygen atoms in total. The van der Waals surface area contributed by atoms with Gasteiger partial charge in [0.1, 0.15) is 0 Å². The lowest BCUT2D eigenvalue weighted by Crippen LogP contribution is -1.99. The first-order chi connectivity index (χ1) is 4.13. The fraction of sp³-hybridized carbons (Fsp3) is 0.500. The first-order valence-electron chi connectivity index (χ1n) is 2.63. The van der Waals surface area contributed by atoms with E-state index in [0.717, 1.165) is 4.91 Å². The lowest BCUT2D eigenvalue weighted by Gasteiger charge is -1.98. The third kappa shape index (κ3) is 7.56. The monoisotopic (exact) mass is 146 g/mol. The van der Waals surface area contributed by atoms with Crippen LogP contribution in [0.1, 0.15) is 13.3 Å². The van der Waals surface area contributed by atoms with Gasteiger partial charge in [-0.3, -0.25) is 4.79 Å². The highest BCUT2D eigenvalue weighted by Gasteiger charge is 1.91. The number of hydrogen-bond acceptors (Lipinski definition) is 3. The van der Waals surface area contributed by atoms with Gasteiger partial charge in [0.15, 0.2) is 0 Å². The molecule has 0 rings (SSSR count). The van der Waals surface area contributed by atoms with Crippen molar-refractivity contribution in [1.82, 2.24) is 0 Å². The van der Waals surface area contributed by atoms with Crippen molar-refractivity contribution in [3.05, 3.63) is 11.5 Å². The summed E-state index contributed by atoms with van der Waals surface area (Å²) in [5, 5.41) is 0. The summed E-state index contributed by atoms with van der Waals surface area (Å²) in [6.07, 6.45) is 0.628. The maximum atomic E-state index is 10.1. The topological polar surface area (TPSA) is 26.3 Å². The van der Waals surface area contributed by atoms with E-state index in [1.165, 1.54) is 6.92 Å². The van der Waals surface area contributed by atoms with Crippen LogP contribution in [0.4, 0.5) is 0 Å². The van der Waals surface area contributed by atoms with E-state index < -0.39 is 0 Å². The summed E-state index contributed by atoms with van der Waals surface area (Å²) in [7, 11) is 0. The molecule has 0 fully saturated rings. The van der Waals surface area contributed by atoms with Crippen molar-refractivity contribution in [3.63, 3.8) is 0 Å². The second-order valence-electron chi connectivity index (χ2n) is 1.66. The normalized spacial score (nSPS) is 8.67. The molecule has 52 valence electrons. The van der Waals surface area contributed by atoms with Crippen molar-refractivity contribution in [3.8, 4) is 0 Å². The van der Waals surface area contributed by atoms with E-state index in [1.54, 1.807) is 0 Å². The van der Waals surface area contributed by atoms with Gasteiger partial charge in [-0.1, -0.05) is 6.58 Å². The molecule has 0 heterocycles. The summed E-state index contributed by atoms with van der Waals surface area (Å²) >= 11 is 3.91. The molecule has 0 saturated carbocycles. The van der Waals surface area contributed by atoms with Crippen LogP contribution in [0.2, 0.25) is 0 Å². The highest BCUT2D eigenvalue weighted by atomic mass is 32.1. The van der Waals surface area contributed by atoms with Gasteiger partial charge in [0, 0.05) is 13.3 Å². The largest absolute Gasteiger partial charge is 0.466 e. The number of thiol groups is 1. The summed E-state index contributed by atoms with van der Waals surface area (Å²) < 4.78 is 4.60. The van der Waals surface area contributed by atoms with Gasteiger partial charge in [-0.25, -0.2) is 0 Å². The van der Waals surface area contributed by atoms with Gasteiger partial charge in [-0.05, 0) is 4.91 Å². The summed E-state index contributed by atoms with van der Waals surface area (Å²) in [6.45, 7) is 5.29. The van der Waals surface area contributed by atoms with Crippen molar-refractivity contribution in [2.24, 2.45) is 0 Å². The Balaban J connectivity index is 3.10. The van der Waals surface area contributed by atoms with Gasteiger partial charge in [0.2, 0.25) is 0 Å². The second-order valence-corrected chi connectivity index (χ2v) is 2.29. The van der Waals surface area contributed by atoms with Crippen LogP contribution in [0.3, 0.4) is 0 Å². The van der Waals surface area contributed by atoms with Gasteiger partial charge in [0.25, 0.3) is 0 Å². The van der Waals surface area contributed by atoms with Gasteiger partial charge in [-0.2, -0.15) is 0 Å². The average Bonchev–Trinajstić information content (AvgIpc) is 1.63. The Morgan fingerprint density at radius 3 is 2.67 bits per heavy atom. The fourth-order valence-electron chi connectivity index (χ4n) is 0.313. The number of carbonyl (C=O) groups is 1. The van der Waals surface area contributed by atoms with Crippen molar-refractivity contribution in [2.45, 2.75) is 13.3 Å². The molecular weight excluding hydrogens is 136 g/mol. The first-order valence-corrected chi connectivity index (χ1v) is 3.07. The minimum absolute atomic E-state index is 0.260. The Morgan fingerprint density at radius 1 is 1.78 bits per heavy atom. The van der Waals surface area contributed by atoms with Crippen molar-refractivity contribution < 1.29 is 9.53 Å². The van der Waals surface area contributed by atoms with Crippen LogP contribution < -0.4 is 0 Å². The minimum Gasteiger partial charge on any atom is -0.466 e. The molecule has 0 radical (unpaired) electrons. The molecule has 0 aromatic rings. The number of rotatable bonds is 3. The van der Waals surface area contributed by atoms with E-state index in [-0.39, 0.29) is 5.97 Å². The smallest absolute Gasteiger partial charge is 0.302 e. The van der Waals surface area contributed by atoms with Crippen molar-refractivity contribution >= 4 is 18.6 Å². The molecule has 0 aliphatic rings. The van der Waals surface area contributed by atoms with Crippen LogP contribution in [0.15, 0.2) is 11.5 Å². The molecule has 0 bridgehead atoms. The number of hydrogen-bond donors (Lipinski definition) is 1. The van der Waals surface area contributed by atoms with E-state index in [9.17, 15) is 4.79 Å². The van der Waals surface area contributed by atoms with Crippen LogP contribution >= 0.6 is 12.6 Å². The molecule has 0 amide bonds. The zero-order valence-corrected chi connectivity index (χ0v) is 6.28. The summed E-state index contributed by atoms with van der Waals surface area (Å²) in [5.74, 6) is -0.260. The molecular formula is C6H10O2S. The van der Waals surface area contributed by atoms with E-state index in [0.29, 0.717) is 13.0 Å². The molecule has 0 aromatic heterocycles. The molecule has 0 unspecified atom stereocenters. The van der Waals surface area contributed by atoms with Crippen LogP contribution in [-0.4, -0.2) is 12.6 Å². The number of esters is 1. The predicted molar refractivity (Wildman–Crippen MR) is 39.4 cm³/mol. The average molecular weight is 146 g/mol. The van der Waals surface area contributed by atoms with Crippen LogP contribution in [0.25, 0.3) is 0 Å². The van der Waals surface area contributed by atoms with E-state index in [4.69, 9.17) is 0 Å². The van der Waals surface area contributed by atoms with Crippen LogP contribution in [0.5, 0.6) is 0 Å². The minimum atomic E-state index is -0.260. The molecule has 0 aromatic carbocycles. The molecule has 0 aliphatic heterocycles. The molecule has 0 spiro atoms. The zero-order valence-electron chi connectivity index (χ0n) is 5.39. The summed E-state index contributed by atoms with van der Waals surface area (Å²) in [5.41, 5.74) is 0. The first kappa shape index (κ1) is 8.56. The SMILES string of the molecule is C=C(S)CCOC(C)=O. The van der Waals surface area contributed by atoms with Gasteiger partial charge >= 0.3 is 5.97 Å². The maximum Gasteiger partial charge on any atom is 0.302 e. The third-order valence-electron chi connectivity index (χ3n) is 0.696. The lowest BCUT2D eigenvalue weighted by molar-refractivity contribution is -0.140. The molecule has 3 heteroatoms. The van der Waals surface area contributed by atoms with E-state index in [2.05, 4.69) is 23.9 Å². The van der Waals surface area contributed by atoms with Crippen LogP contribution in [-0.2, 0) is 9.53 Å². The quantitative estimate of drug-likeness (QED) is 0.481. The van der Waals surface area contributed by atoms with E-state index in [1.807, 2.05) is 0 Å². The molecule has 0 atom stereocenters. The summed E-state index contributed by atoms with van der Waals surface area (Å²) in [4.78, 5) is 10.9. The molecule has 0 N–H and O–H groups in total. The summed E-state index contributed by atoms with van der Waals surface area (Å²) in [6, 6.07) is 0. The Morgan fingerprint density at radius 2 is 2.33 bits per heavy atom. The van der Waals surface area contributed by atoms with Crippen molar-refractivity contribution in [1.29, 1.82) is 0 Å².